The molecule has 0 saturated carbocycles. The van der Waals surface area contributed by atoms with Crippen LogP contribution in [0.5, 0.6) is 0 Å². The lowest BCUT2D eigenvalue weighted by molar-refractivity contribution is -0.124. The highest BCUT2D eigenvalue weighted by atomic mass is 35.5. The molecule has 1 atom stereocenters. The minimum atomic E-state index is -0.227. The Bertz CT molecular complexity index is 534. The molecule has 4 nitrogen and oxygen atoms in total. The van der Waals surface area contributed by atoms with Gasteiger partial charge in [-0.25, -0.2) is 0 Å². The third kappa shape index (κ3) is 3.19. The maximum atomic E-state index is 11.5. The van der Waals surface area contributed by atoms with Crippen LogP contribution in [0.4, 0.5) is 0 Å². The van der Waals surface area contributed by atoms with E-state index in [1.165, 1.54) is 0 Å². The molecule has 1 amide bonds. The van der Waals surface area contributed by atoms with Gasteiger partial charge in [0.15, 0.2) is 6.29 Å². The number of amides is 1. The molecule has 0 aromatic heterocycles. The van der Waals surface area contributed by atoms with E-state index in [4.69, 9.17) is 32.7 Å². The van der Waals surface area contributed by atoms with Crippen LogP contribution in [0.1, 0.15) is 24.8 Å². The van der Waals surface area contributed by atoms with Crippen LogP contribution in [0.15, 0.2) is 18.2 Å². The van der Waals surface area contributed by atoms with Gasteiger partial charge in [0, 0.05) is 24.8 Å². The van der Waals surface area contributed by atoms with Crippen LogP contribution in [0.25, 0.3) is 0 Å². The van der Waals surface area contributed by atoms with Crippen LogP contribution in [0, 0.1) is 0 Å². The van der Waals surface area contributed by atoms with Crippen molar-refractivity contribution in [3.05, 3.63) is 33.8 Å². The number of nitrogens with one attached hydrogen (secondary N) is 1. The lowest BCUT2D eigenvalue weighted by Gasteiger charge is -2.39. The molecular formula is C15H17Cl2NO3. The zero-order valence-corrected chi connectivity index (χ0v) is 13.0. The molecule has 114 valence electrons. The molecule has 2 saturated heterocycles. The molecule has 21 heavy (non-hydrogen) atoms. The molecule has 1 aromatic carbocycles. The summed E-state index contributed by atoms with van der Waals surface area (Å²) in [7, 11) is 0. The standard InChI is InChI=1S/C15H17Cl2NO3/c16-11-2-1-10(7-12(11)17)15(4-3-13(19)18-9-15)8-14-20-5-6-21-14/h1-2,7,14H,3-6,8-9H2,(H,18,19). The molecule has 1 N–H and O–H groups in total. The third-order valence-corrected chi connectivity index (χ3v) is 4.97. The molecule has 0 aliphatic carbocycles. The fourth-order valence-corrected chi connectivity index (χ4v) is 3.30. The molecule has 1 aromatic rings. The highest BCUT2D eigenvalue weighted by Gasteiger charge is 2.40. The van der Waals surface area contributed by atoms with Crippen molar-refractivity contribution >= 4 is 29.1 Å². The van der Waals surface area contributed by atoms with Crippen molar-refractivity contribution in [2.24, 2.45) is 0 Å². The second-order valence-electron chi connectivity index (χ2n) is 5.56. The zero-order chi connectivity index (χ0) is 14.9. The van der Waals surface area contributed by atoms with Gasteiger partial charge in [-0.1, -0.05) is 29.3 Å². The van der Waals surface area contributed by atoms with Crippen LogP contribution in [0.2, 0.25) is 10.0 Å². The average molecular weight is 330 g/mol. The van der Waals surface area contributed by atoms with Gasteiger partial charge in [-0.05, 0) is 24.1 Å². The number of halogens is 2. The first kappa shape index (κ1) is 15.1. The molecule has 0 spiro atoms. The summed E-state index contributed by atoms with van der Waals surface area (Å²) in [6.07, 6.45) is 1.72. The van der Waals surface area contributed by atoms with Gasteiger partial charge in [0.25, 0.3) is 0 Å². The number of hydrogen-bond donors (Lipinski definition) is 1. The molecule has 2 aliphatic heterocycles. The summed E-state index contributed by atoms with van der Waals surface area (Å²) in [5.74, 6) is 0.0824. The summed E-state index contributed by atoms with van der Waals surface area (Å²) in [5.41, 5.74) is 0.841. The molecule has 1 unspecified atom stereocenters. The minimum Gasteiger partial charge on any atom is -0.355 e. The van der Waals surface area contributed by atoms with Gasteiger partial charge in [-0.3, -0.25) is 4.79 Å². The summed E-state index contributed by atoms with van der Waals surface area (Å²) in [4.78, 5) is 11.5. The molecule has 0 radical (unpaired) electrons. The van der Waals surface area contributed by atoms with Crippen molar-refractivity contribution in [2.75, 3.05) is 19.8 Å². The maximum absolute atomic E-state index is 11.5. The predicted molar refractivity (Wildman–Crippen MR) is 80.7 cm³/mol. The number of carbonyl (C=O) groups excluding carboxylic acids is 1. The van der Waals surface area contributed by atoms with Gasteiger partial charge >= 0.3 is 0 Å². The van der Waals surface area contributed by atoms with E-state index in [0.29, 0.717) is 42.6 Å². The highest BCUT2D eigenvalue weighted by Crippen LogP contribution is 2.39. The summed E-state index contributed by atoms with van der Waals surface area (Å²) < 4.78 is 11.2. The van der Waals surface area contributed by atoms with E-state index >= 15 is 0 Å². The number of benzene rings is 1. The van der Waals surface area contributed by atoms with E-state index in [-0.39, 0.29) is 17.6 Å². The first-order valence-corrected chi connectivity index (χ1v) is 7.80. The van der Waals surface area contributed by atoms with Gasteiger partial charge in [0.05, 0.1) is 23.3 Å². The number of piperidine rings is 1. The van der Waals surface area contributed by atoms with Gasteiger partial charge in [-0.2, -0.15) is 0 Å². The van der Waals surface area contributed by atoms with Crippen molar-refractivity contribution in [1.82, 2.24) is 5.32 Å². The molecule has 0 bridgehead atoms. The number of ether oxygens (including phenoxy) is 2. The number of hydrogen-bond acceptors (Lipinski definition) is 3. The molecule has 6 heteroatoms. The lowest BCUT2D eigenvalue weighted by atomic mass is 9.72. The van der Waals surface area contributed by atoms with E-state index in [0.717, 1.165) is 12.0 Å². The lowest BCUT2D eigenvalue weighted by Crippen LogP contribution is -2.48. The van der Waals surface area contributed by atoms with Crippen molar-refractivity contribution < 1.29 is 14.3 Å². The van der Waals surface area contributed by atoms with Crippen molar-refractivity contribution in [2.45, 2.75) is 31.0 Å². The quantitative estimate of drug-likeness (QED) is 0.927. The van der Waals surface area contributed by atoms with Gasteiger partial charge in [-0.15, -0.1) is 0 Å². The highest BCUT2D eigenvalue weighted by molar-refractivity contribution is 6.42. The molecule has 2 fully saturated rings. The second-order valence-corrected chi connectivity index (χ2v) is 6.38. The van der Waals surface area contributed by atoms with Crippen molar-refractivity contribution in [1.29, 1.82) is 0 Å². The molecule has 2 heterocycles. The summed E-state index contributed by atoms with van der Waals surface area (Å²) in [5, 5.41) is 4.01. The van der Waals surface area contributed by atoms with Crippen LogP contribution >= 0.6 is 23.2 Å². The maximum Gasteiger partial charge on any atom is 0.220 e. The summed E-state index contributed by atoms with van der Waals surface area (Å²) >= 11 is 12.2. The Kier molecular flexibility index (Phi) is 4.41. The van der Waals surface area contributed by atoms with Crippen LogP contribution in [-0.2, 0) is 19.7 Å². The fourth-order valence-electron chi connectivity index (χ4n) is 3.01. The van der Waals surface area contributed by atoms with Crippen LogP contribution < -0.4 is 5.32 Å². The van der Waals surface area contributed by atoms with Crippen LogP contribution in [-0.4, -0.2) is 32.0 Å². The first-order chi connectivity index (χ1) is 10.1. The number of carbonyl (C=O) groups is 1. The van der Waals surface area contributed by atoms with Crippen LogP contribution in [0.3, 0.4) is 0 Å². The van der Waals surface area contributed by atoms with Crippen molar-refractivity contribution in [3.63, 3.8) is 0 Å². The van der Waals surface area contributed by atoms with Crippen molar-refractivity contribution in [3.8, 4) is 0 Å². The zero-order valence-electron chi connectivity index (χ0n) is 11.5. The number of rotatable bonds is 3. The Morgan fingerprint density at radius 1 is 1.24 bits per heavy atom. The van der Waals surface area contributed by atoms with Gasteiger partial charge in [0.1, 0.15) is 0 Å². The predicted octanol–water partition coefficient (Wildman–Crippen LogP) is 2.90. The average Bonchev–Trinajstić information content (AvgIpc) is 2.97. The smallest absolute Gasteiger partial charge is 0.220 e. The fraction of sp³-hybridized carbons (Fsp3) is 0.533. The Labute approximate surface area is 133 Å². The largest absolute Gasteiger partial charge is 0.355 e. The third-order valence-electron chi connectivity index (χ3n) is 4.23. The van der Waals surface area contributed by atoms with E-state index in [1.807, 2.05) is 12.1 Å². The molecule has 2 aliphatic rings. The van der Waals surface area contributed by atoms with E-state index in [9.17, 15) is 4.79 Å². The summed E-state index contributed by atoms with van der Waals surface area (Å²) in [6, 6.07) is 5.66. The minimum absolute atomic E-state index is 0.0824. The monoisotopic (exact) mass is 329 g/mol. The Hall–Kier alpha value is -0.810. The molecular weight excluding hydrogens is 313 g/mol. The summed E-state index contributed by atoms with van der Waals surface area (Å²) in [6.45, 7) is 1.80. The Balaban J connectivity index is 1.90. The Morgan fingerprint density at radius 2 is 2.00 bits per heavy atom. The normalized spacial score (nSPS) is 26.9. The van der Waals surface area contributed by atoms with E-state index in [1.54, 1.807) is 6.07 Å². The van der Waals surface area contributed by atoms with E-state index < -0.39 is 0 Å². The Morgan fingerprint density at radius 3 is 2.62 bits per heavy atom. The topological polar surface area (TPSA) is 47.6 Å². The van der Waals surface area contributed by atoms with Gasteiger partial charge in [0.2, 0.25) is 5.91 Å². The van der Waals surface area contributed by atoms with E-state index in [2.05, 4.69) is 5.32 Å². The second kappa shape index (κ2) is 6.13. The molecule has 3 rings (SSSR count). The SMILES string of the molecule is O=C1CCC(CC2OCCO2)(c2ccc(Cl)c(Cl)c2)CN1. The first-order valence-electron chi connectivity index (χ1n) is 7.04. The van der Waals surface area contributed by atoms with Gasteiger partial charge < -0.3 is 14.8 Å².